The number of rotatable bonds is 5. The maximum absolute atomic E-state index is 13.0. The first-order valence-corrected chi connectivity index (χ1v) is 10.2. The highest BCUT2D eigenvalue weighted by Crippen LogP contribution is 2.53. The van der Waals surface area contributed by atoms with Gasteiger partial charge in [0.25, 0.3) is 0 Å². The van der Waals surface area contributed by atoms with Crippen LogP contribution in [0.15, 0.2) is 89.9 Å². The van der Waals surface area contributed by atoms with E-state index in [0.29, 0.717) is 0 Å². The monoisotopic (exact) mass is 401 g/mol. The van der Waals surface area contributed by atoms with Crippen molar-refractivity contribution in [2.75, 3.05) is 12.9 Å². The van der Waals surface area contributed by atoms with Gasteiger partial charge in [-0.15, -0.1) is 0 Å². The second-order valence-electron chi connectivity index (χ2n) is 7.44. The van der Waals surface area contributed by atoms with E-state index in [0.717, 1.165) is 28.1 Å². The molecule has 0 saturated heterocycles. The third-order valence-corrected chi connectivity index (χ3v) is 6.42. The second-order valence-corrected chi connectivity index (χ2v) is 7.76. The molecular weight excluding hydrogens is 378 g/mol. The first kappa shape index (κ1) is 19.5. The minimum absolute atomic E-state index is 0.286. The fourth-order valence-corrected chi connectivity index (χ4v) is 4.62. The van der Waals surface area contributed by atoms with Gasteiger partial charge in [0.05, 0.1) is 23.9 Å². The van der Waals surface area contributed by atoms with E-state index in [-0.39, 0.29) is 11.7 Å². The highest BCUT2D eigenvalue weighted by molar-refractivity contribution is 7.80. The van der Waals surface area contributed by atoms with Gasteiger partial charge < -0.3 is 4.74 Å². The van der Waals surface area contributed by atoms with Gasteiger partial charge in [-0.1, -0.05) is 78.9 Å². The SMILES string of the molecule is COC(=O)C(C)(CS)C1=Nc2ccccc2C1(c1ccccc1)c1ccccc1. The van der Waals surface area contributed by atoms with Gasteiger partial charge in [0.2, 0.25) is 0 Å². The van der Waals surface area contributed by atoms with E-state index >= 15 is 0 Å². The average molecular weight is 402 g/mol. The molecule has 0 aliphatic carbocycles. The summed E-state index contributed by atoms with van der Waals surface area (Å²) in [5.41, 5.74) is 3.09. The molecule has 0 fully saturated rings. The smallest absolute Gasteiger partial charge is 0.318 e. The van der Waals surface area contributed by atoms with Gasteiger partial charge in [0, 0.05) is 5.75 Å². The van der Waals surface area contributed by atoms with Gasteiger partial charge in [-0.25, -0.2) is 0 Å². The highest BCUT2D eigenvalue weighted by Gasteiger charge is 2.55. The molecule has 146 valence electrons. The summed E-state index contributed by atoms with van der Waals surface area (Å²) in [6, 6.07) is 28.6. The van der Waals surface area contributed by atoms with Crippen LogP contribution in [-0.2, 0) is 14.9 Å². The van der Waals surface area contributed by atoms with Crippen LogP contribution in [0.4, 0.5) is 5.69 Å². The number of ether oxygens (including phenoxy) is 1. The van der Waals surface area contributed by atoms with Crippen molar-refractivity contribution in [1.82, 2.24) is 0 Å². The molecule has 0 amide bonds. The fraction of sp³-hybridized carbons (Fsp3) is 0.200. The number of nitrogens with zero attached hydrogens (tertiary/aromatic N) is 1. The molecule has 1 aliphatic rings. The number of carbonyl (C=O) groups excluding carboxylic acids is 1. The summed E-state index contributed by atoms with van der Waals surface area (Å²) in [6.45, 7) is 1.87. The van der Waals surface area contributed by atoms with Gasteiger partial charge in [-0.3, -0.25) is 9.79 Å². The first-order valence-electron chi connectivity index (χ1n) is 9.58. The number of esters is 1. The zero-order valence-corrected chi connectivity index (χ0v) is 17.4. The predicted molar refractivity (Wildman–Crippen MR) is 120 cm³/mol. The molecule has 0 bridgehead atoms. The molecule has 4 heteroatoms. The molecule has 1 atom stereocenters. The number of carbonyl (C=O) groups is 1. The van der Waals surface area contributed by atoms with Crippen molar-refractivity contribution in [1.29, 1.82) is 0 Å². The van der Waals surface area contributed by atoms with Crippen molar-refractivity contribution in [3.8, 4) is 0 Å². The van der Waals surface area contributed by atoms with Crippen molar-refractivity contribution in [3.63, 3.8) is 0 Å². The molecule has 0 spiro atoms. The lowest BCUT2D eigenvalue weighted by molar-refractivity contribution is -0.146. The Morgan fingerprint density at radius 1 is 0.931 bits per heavy atom. The molecular formula is C25H23NO2S. The third kappa shape index (κ3) is 2.82. The van der Waals surface area contributed by atoms with Crippen LogP contribution < -0.4 is 0 Å². The van der Waals surface area contributed by atoms with Gasteiger partial charge in [0.15, 0.2) is 0 Å². The lowest BCUT2D eigenvalue weighted by Gasteiger charge is -2.40. The molecule has 4 rings (SSSR count). The summed E-state index contributed by atoms with van der Waals surface area (Å²) in [4.78, 5) is 18.0. The van der Waals surface area contributed by atoms with Crippen LogP contribution in [0.3, 0.4) is 0 Å². The fourth-order valence-electron chi connectivity index (χ4n) is 4.35. The number of thiol groups is 1. The minimum Gasteiger partial charge on any atom is -0.468 e. The Morgan fingerprint density at radius 3 is 1.97 bits per heavy atom. The highest BCUT2D eigenvalue weighted by atomic mass is 32.1. The van der Waals surface area contributed by atoms with E-state index in [4.69, 9.17) is 9.73 Å². The van der Waals surface area contributed by atoms with E-state index in [9.17, 15) is 4.79 Å². The van der Waals surface area contributed by atoms with Crippen molar-refractivity contribution in [3.05, 3.63) is 102 Å². The van der Waals surface area contributed by atoms with Crippen LogP contribution in [0.25, 0.3) is 0 Å². The predicted octanol–water partition coefficient (Wildman–Crippen LogP) is 5.22. The number of hydrogen-bond acceptors (Lipinski definition) is 4. The van der Waals surface area contributed by atoms with E-state index in [1.54, 1.807) is 0 Å². The van der Waals surface area contributed by atoms with Gasteiger partial charge in [-0.05, 0) is 29.7 Å². The summed E-state index contributed by atoms with van der Waals surface area (Å²) in [7, 11) is 1.42. The van der Waals surface area contributed by atoms with Crippen molar-refractivity contribution in [2.45, 2.75) is 12.3 Å². The van der Waals surface area contributed by atoms with Crippen LogP contribution in [0, 0.1) is 5.41 Å². The topological polar surface area (TPSA) is 38.7 Å². The minimum atomic E-state index is -0.997. The quantitative estimate of drug-likeness (QED) is 0.470. The molecule has 0 N–H and O–H groups in total. The molecule has 1 aliphatic heterocycles. The summed E-state index contributed by atoms with van der Waals surface area (Å²) < 4.78 is 5.21. The molecule has 1 heterocycles. The Hall–Kier alpha value is -2.85. The molecule has 1 unspecified atom stereocenters. The zero-order chi connectivity index (χ0) is 20.5. The summed E-state index contributed by atoms with van der Waals surface area (Å²) in [5.74, 6) is -0.0521. The second kappa shape index (κ2) is 7.53. The number of aliphatic imine (C=N–C) groups is 1. The maximum Gasteiger partial charge on any atom is 0.318 e. The summed E-state index contributed by atoms with van der Waals surface area (Å²) in [5, 5.41) is 0. The van der Waals surface area contributed by atoms with E-state index in [1.807, 2.05) is 61.5 Å². The lowest BCUT2D eigenvalue weighted by atomic mass is 9.61. The summed E-state index contributed by atoms with van der Waals surface area (Å²) in [6.07, 6.45) is 0. The Labute approximate surface area is 176 Å². The standard InChI is InChI=1S/C25H23NO2S/c1-24(17-29,23(27)28-2)22-25(18-11-5-3-6-12-18,19-13-7-4-8-14-19)20-15-9-10-16-21(20)26-22/h3-16,29H,17H2,1-2H3. The summed E-state index contributed by atoms with van der Waals surface area (Å²) >= 11 is 4.57. The molecule has 29 heavy (non-hydrogen) atoms. The zero-order valence-electron chi connectivity index (χ0n) is 16.5. The normalized spacial score (nSPS) is 16.4. The van der Waals surface area contributed by atoms with E-state index in [1.165, 1.54) is 7.11 Å². The Bertz CT molecular complexity index is 1020. The molecule has 0 saturated carbocycles. The maximum atomic E-state index is 13.0. The van der Waals surface area contributed by atoms with Crippen LogP contribution in [0.1, 0.15) is 23.6 Å². The van der Waals surface area contributed by atoms with Crippen molar-refractivity contribution < 1.29 is 9.53 Å². The van der Waals surface area contributed by atoms with Crippen LogP contribution in [0.2, 0.25) is 0 Å². The Kier molecular flexibility index (Phi) is 5.05. The van der Waals surface area contributed by atoms with Gasteiger partial charge in [-0.2, -0.15) is 12.6 Å². The molecule has 3 aromatic carbocycles. The van der Waals surface area contributed by atoms with Crippen molar-refractivity contribution >= 4 is 30.0 Å². The van der Waals surface area contributed by atoms with Crippen LogP contribution >= 0.6 is 12.6 Å². The van der Waals surface area contributed by atoms with Gasteiger partial charge >= 0.3 is 5.97 Å². The molecule has 3 nitrogen and oxygen atoms in total. The Morgan fingerprint density at radius 2 is 1.45 bits per heavy atom. The van der Waals surface area contributed by atoms with Gasteiger partial charge in [0.1, 0.15) is 5.41 Å². The molecule has 0 aromatic heterocycles. The number of methoxy groups -OCH3 is 1. The Balaban J connectivity index is 2.14. The van der Waals surface area contributed by atoms with E-state index < -0.39 is 10.8 Å². The number of fused-ring (bicyclic) bond motifs is 1. The largest absolute Gasteiger partial charge is 0.468 e. The first-order chi connectivity index (χ1) is 14.1. The number of benzene rings is 3. The number of para-hydroxylation sites is 1. The lowest BCUT2D eigenvalue weighted by Crippen LogP contribution is -2.50. The van der Waals surface area contributed by atoms with E-state index in [2.05, 4.69) is 43.0 Å². The molecule has 0 radical (unpaired) electrons. The van der Waals surface area contributed by atoms with Crippen molar-refractivity contribution in [2.24, 2.45) is 10.4 Å². The third-order valence-electron chi connectivity index (χ3n) is 5.78. The molecule has 3 aromatic rings. The average Bonchev–Trinajstić information content (AvgIpc) is 3.15. The van der Waals surface area contributed by atoms with Crippen LogP contribution in [0.5, 0.6) is 0 Å². The van der Waals surface area contributed by atoms with Crippen LogP contribution in [-0.4, -0.2) is 24.5 Å². The number of hydrogen-bond donors (Lipinski definition) is 1.